The summed E-state index contributed by atoms with van der Waals surface area (Å²) in [5.41, 5.74) is 2.47. The molecule has 0 aromatic heterocycles. The van der Waals surface area contributed by atoms with Crippen LogP contribution in [0.15, 0.2) is 67.4 Å². The van der Waals surface area contributed by atoms with E-state index in [0.29, 0.717) is 6.61 Å². The highest BCUT2D eigenvalue weighted by Gasteiger charge is 1.97. The molecule has 20 heavy (non-hydrogen) atoms. The Morgan fingerprint density at radius 2 is 1.65 bits per heavy atom. The van der Waals surface area contributed by atoms with E-state index in [-0.39, 0.29) is 0 Å². The molecule has 0 bridgehead atoms. The molecule has 0 heterocycles. The lowest BCUT2D eigenvalue weighted by atomic mass is 10.1. The Morgan fingerprint density at radius 1 is 0.900 bits per heavy atom. The maximum atomic E-state index is 5.75. The maximum Gasteiger partial charge on any atom is 0.119 e. The summed E-state index contributed by atoms with van der Waals surface area (Å²) in [5, 5.41) is 0. The Kier molecular flexibility index (Phi) is 5.71. The van der Waals surface area contributed by atoms with Gasteiger partial charge in [-0.1, -0.05) is 49.0 Å². The standard InChI is InChI=1S/C18H20O2/c1-2-19-14-6-9-16-10-12-18(13-11-16)20-15-17-7-4-3-5-8-17/h2-5,7-8,10-13H,1,6,9,14-15H2. The average Bonchev–Trinajstić information content (AvgIpc) is 2.52. The third-order valence-corrected chi connectivity index (χ3v) is 3.02. The third-order valence-electron chi connectivity index (χ3n) is 3.02. The fraction of sp³-hybridized carbons (Fsp3) is 0.222. The molecule has 2 nitrogen and oxygen atoms in total. The van der Waals surface area contributed by atoms with Gasteiger partial charge < -0.3 is 9.47 Å². The molecular weight excluding hydrogens is 248 g/mol. The van der Waals surface area contributed by atoms with Gasteiger partial charge in [0, 0.05) is 0 Å². The molecular formula is C18H20O2. The molecule has 2 heteroatoms. The first kappa shape index (κ1) is 14.2. The molecule has 0 aliphatic rings. The molecule has 0 saturated heterocycles. The predicted molar refractivity (Wildman–Crippen MR) is 81.7 cm³/mol. The van der Waals surface area contributed by atoms with Gasteiger partial charge in [0.15, 0.2) is 0 Å². The number of benzene rings is 2. The number of ether oxygens (including phenoxy) is 2. The monoisotopic (exact) mass is 268 g/mol. The van der Waals surface area contributed by atoms with E-state index in [1.54, 1.807) is 0 Å². The highest BCUT2D eigenvalue weighted by Crippen LogP contribution is 2.15. The summed E-state index contributed by atoms with van der Waals surface area (Å²) >= 11 is 0. The zero-order valence-corrected chi connectivity index (χ0v) is 11.6. The van der Waals surface area contributed by atoms with Crippen molar-refractivity contribution < 1.29 is 9.47 Å². The molecule has 2 aromatic carbocycles. The van der Waals surface area contributed by atoms with Gasteiger partial charge in [-0.25, -0.2) is 0 Å². The Balaban J connectivity index is 1.78. The van der Waals surface area contributed by atoms with Gasteiger partial charge in [0.05, 0.1) is 12.9 Å². The molecule has 2 rings (SSSR count). The van der Waals surface area contributed by atoms with E-state index in [2.05, 4.69) is 30.8 Å². The van der Waals surface area contributed by atoms with E-state index in [4.69, 9.17) is 9.47 Å². The summed E-state index contributed by atoms with van der Waals surface area (Å²) < 4.78 is 10.9. The van der Waals surface area contributed by atoms with Crippen LogP contribution in [-0.4, -0.2) is 6.61 Å². The van der Waals surface area contributed by atoms with Crippen LogP contribution >= 0.6 is 0 Å². The summed E-state index contributed by atoms with van der Waals surface area (Å²) in [6.07, 6.45) is 3.49. The Labute approximate surface area is 120 Å². The fourth-order valence-electron chi connectivity index (χ4n) is 1.94. The maximum absolute atomic E-state index is 5.75. The number of hydrogen-bond donors (Lipinski definition) is 0. The van der Waals surface area contributed by atoms with E-state index >= 15 is 0 Å². The second-order valence-corrected chi connectivity index (χ2v) is 4.56. The molecule has 2 aromatic rings. The smallest absolute Gasteiger partial charge is 0.119 e. The van der Waals surface area contributed by atoms with Crippen LogP contribution in [-0.2, 0) is 17.8 Å². The van der Waals surface area contributed by atoms with Crippen LogP contribution in [0.5, 0.6) is 5.75 Å². The SMILES string of the molecule is C=COCCCc1ccc(OCc2ccccc2)cc1. The third kappa shape index (κ3) is 4.81. The molecule has 0 N–H and O–H groups in total. The van der Waals surface area contributed by atoms with Crippen molar-refractivity contribution in [3.8, 4) is 5.75 Å². The number of aryl methyl sites for hydroxylation is 1. The normalized spacial score (nSPS) is 10.0. The largest absolute Gasteiger partial charge is 0.502 e. The zero-order chi connectivity index (χ0) is 14.0. The van der Waals surface area contributed by atoms with Gasteiger partial charge in [-0.2, -0.15) is 0 Å². The Morgan fingerprint density at radius 3 is 2.35 bits per heavy atom. The molecule has 0 atom stereocenters. The molecule has 0 spiro atoms. The number of hydrogen-bond acceptors (Lipinski definition) is 2. The minimum Gasteiger partial charge on any atom is -0.502 e. The summed E-state index contributed by atoms with van der Waals surface area (Å²) in [6.45, 7) is 4.85. The van der Waals surface area contributed by atoms with Crippen molar-refractivity contribution in [2.24, 2.45) is 0 Å². The van der Waals surface area contributed by atoms with Crippen LogP contribution < -0.4 is 4.74 Å². The number of rotatable bonds is 8. The van der Waals surface area contributed by atoms with Crippen molar-refractivity contribution in [2.45, 2.75) is 19.4 Å². The van der Waals surface area contributed by atoms with Crippen LogP contribution in [0.2, 0.25) is 0 Å². The second kappa shape index (κ2) is 8.05. The molecule has 0 radical (unpaired) electrons. The molecule has 0 amide bonds. The van der Waals surface area contributed by atoms with Gasteiger partial charge in [-0.05, 0) is 36.1 Å². The topological polar surface area (TPSA) is 18.5 Å². The highest BCUT2D eigenvalue weighted by molar-refractivity contribution is 5.27. The Hall–Kier alpha value is -2.22. The zero-order valence-electron chi connectivity index (χ0n) is 11.6. The molecule has 0 fully saturated rings. The van der Waals surface area contributed by atoms with Crippen LogP contribution in [0, 0.1) is 0 Å². The van der Waals surface area contributed by atoms with Crippen molar-refractivity contribution >= 4 is 0 Å². The van der Waals surface area contributed by atoms with Crippen molar-refractivity contribution in [1.29, 1.82) is 0 Å². The molecule has 0 aliphatic carbocycles. The first-order chi connectivity index (χ1) is 9.88. The molecule has 0 aliphatic heterocycles. The van der Waals surface area contributed by atoms with Gasteiger partial charge in [-0.3, -0.25) is 0 Å². The predicted octanol–water partition coefficient (Wildman–Crippen LogP) is 4.36. The lowest BCUT2D eigenvalue weighted by molar-refractivity contribution is 0.246. The minimum absolute atomic E-state index is 0.605. The van der Waals surface area contributed by atoms with E-state index in [1.165, 1.54) is 17.4 Å². The summed E-state index contributed by atoms with van der Waals surface area (Å²) in [4.78, 5) is 0. The van der Waals surface area contributed by atoms with E-state index < -0.39 is 0 Å². The minimum atomic E-state index is 0.605. The first-order valence-electron chi connectivity index (χ1n) is 6.86. The lowest BCUT2D eigenvalue weighted by Crippen LogP contribution is -1.96. The van der Waals surface area contributed by atoms with E-state index in [9.17, 15) is 0 Å². The second-order valence-electron chi connectivity index (χ2n) is 4.56. The van der Waals surface area contributed by atoms with Crippen molar-refractivity contribution in [3.05, 3.63) is 78.6 Å². The fourth-order valence-corrected chi connectivity index (χ4v) is 1.94. The van der Waals surface area contributed by atoms with Crippen LogP contribution in [0.1, 0.15) is 17.5 Å². The summed E-state index contributed by atoms with van der Waals surface area (Å²) in [7, 11) is 0. The highest BCUT2D eigenvalue weighted by atomic mass is 16.5. The van der Waals surface area contributed by atoms with Crippen molar-refractivity contribution in [3.63, 3.8) is 0 Å². The van der Waals surface area contributed by atoms with Gasteiger partial charge >= 0.3 is 0 Å². The van der Waals surface area contributed by atoms with Crippen LogP contribution in [0.4, 0.5) is 0 Å². The lowest BCUT2D eigenvalue weighted by Gasteiger charge is -2.07. The van der Waals surface area contributed by atoms with E-state index in [0.717, 1.165) is 25.2 Å². The van der Waals surface area contributed by atoms with Gasteiger partial charge in [0.1, 0.15) is 12.4 Å². The molecule has 0 unspecified atom stereocenters. The average molecular weight is 268 g/mol. The van der Waals surface area contributed by atoms with Gasteiger partial charge in [-0.15, -0.1) is 0 Å². The van der Waals surface area contributed by atoms with Gasteiger partial charge in [0.25, 0.3) is 0 Å². The molecule has 104 valence electrons. The summed E-state index contributed by atoms with van der Waals surface area (Å²) in [6, 6.07) is 18.4. The summed E-state index contributed by atoms with van der Waals surface area (Å²) in [5.74, 6) is 0.903. The van der Waals surface area contributed by atoms with Crippen LogP contribution in [0.25, 0.3) is 0 Å². The van der Waals surface area contributed by atoms with Gasteiger partial charge in [0.2, 0.25) is 0 Å². The van der Waals surface area contributed by atoms with Crippen molar-refractivity contribution in [1.82, 2.24) is 0 Å². The van der Waals surface area contributed by atoms with E-state index in [1.807, 2.05) is 30.3 Å². The van der Waals surface area contributed by atoms with Crippen LogP contribution in [0.3, 0.4) is 0 Å². The quantitative estimate of drug-likeness (QED) is 0.523. The first-order valence-corrected chi connectivity index (χ1v) is 6.86. The Bertz CT molecular complexity index is 503. The van der Waals surface area contributed by atoms with Crippen molar-refractivity contribution in [2.75, 3.05) is 6.61 Å². The molecule has 0 saturated carbocycles.